The van der Waals surface area contributed by atoms with Crippen molar-refractivity contribution in [2.45, 2.75) is 6.42 Å². The average molecular weight is 266 g/mol. The quantitative estimate of drug-likeness (QED) is 0.657. The summed E-state index contributed by atoms with van der Waals surface area (Å²) < 4.78 is 2.27. The molecule has 0 saturated carbocycles. The molecular formula is C16H14N2S. The molecule has 3 aromatic rings. The van der Waals surface area contributed by atoms with Crippen molar-refractivity contribution in [2.75, 3.05) is 5.75 Å². The van der Waals surface area contributed by atoms with Gasteiger partial charge in [0.2, 0.25) is 0 Å². The fourth-order valence-electron chi connectivity index (χ4n) is 2.92. The van der Waals surface area contributed by atoms with Gasteiger partial charge in [-0.25, -0.2) is 0 Å². The first-order chi connectivity index (χ1) is 9.36. The lowest BCUT2D eigenvalue weighted by Crippen LogP contribution is -1.95. The van der Waals surface area contributed by atoms with Crippen LogP contribution in [0.15, 0.2) is 41.9 Å². The number of allylic oxidation sites excluding steroid dienone is 1. The van der Waals surface area contributed by atoms with Crippen LogP contribution in [0, 0.1) is 0 Å². The van der Waals surface area contributed by atoms with E-state index >= 15 is 0 Å². The Kier molecular flexibility index (Phi) is 2.42. The molecule has 2 nitrogen and oxygen atoms in total. The molecule has 94 valence electrons. The standard InChI is InChI=1S/C16H14N2S/c1-18-14-5-3-2-4-12(14)13-6-8-17-15(16(13)18)11-7-9-19-10-11/h2-6,8,10H,7,9H2,1H3. The number of nitrogens with zero attached hydrogens (tertiary/aromatic N) is 2. The first-order valence-corrected chi connectivity index (χ1v) is 7.54. The molecule has 0 unspecified atom stereocenters. The summed E-state index contributed by atoms with van der Waals surface area (Å²) in [5.41, 5.74) is 5.07. The maximum Gasteiger partial charge on any atom is 0.0910 e. The first-order valence-electron chi connectivity index (χ1n) is 6.49. The Hall–Kier alpha value is -1.74. The first kappa shape index (κ1) is 11.1. The number of benzene rings is 1. The van der Waals surface area contributed by atoms with Crippen molar-refractivity contribution >= 4 is 39.1 Å². The number of thioether (sulfide) groups is 1. The Bertz CT molecular complexity index is 814. The molecule has 4 rings (SSSR count). The van der Waals surface area contributed by atoms with E-state index in [1.54, 1.807) is 0 Å². The van der Waals surface area contributed by atoms with E-state index in [1.807, 2.05) is 18.0 Å². The minimum atomic E-state index is 1.12. The Labute approximate surface area is 116 Å². The van der Waals surface area contributed by atoms with Gasteiger partial charge < -0.3 is 4.57 Å². The smallest absolute Gasteiger partial charge is 0.0910 e. The van der Waals surface area contributed by atoms with Gasteiger partial charge in [-0.1, -0.05) is 18.2 Å². The zero-order chi connectivity index (χ0) is 12.8. The van der Waals surface area contributed by atoms with Crippen LogP contribution in [-0.4, -0.2) is 15.3 Å². The number of aryl methyl sites for hydroxylation is 1. The second kappa shape index (κ2) is 4.14. The molecule has 0 saturated heterocycles. The van der Waals surface area contributed by atoms with E-state index in [2.05, 4.69) is 52.3 Å². The van der Waals surface area contributed by atoms with Gasteiger partial charge in [0, 0.05) is 35.3 Å². The highest BCUT2D eigenvalue weighted by Crippen LogP contribution is 2.36. The van der Waals surface area contributed by atoms with Crippen LogP contribution in [0.1, 0.15) is 12.1 Å². The number of para-hydroxylation sites is 1. The summed E-state index contributed by atoms with van der Waals surface area (Å²) in [6, 6.07) is 10.7. The maximum absolute atomic E-state index is 4.64. The number of rotatable bonds is 1. The van der Waals surface area contributed by atoms with E-state index in [0.717, 1.165) is 12.1 Å². The van der Waals surface area contributed by atoms with E-state index < -0.39 is 0 Å². The summed E-state index contributed by atoms with van der Waals surface area (Å²) in [5, 5.41) is 4.88. The summed E-state index contributed by atoms with van der Waals surface area (Å²) in [5.74, 6) is 1.18. The fraction of sp³-hybridized carbons (Fsp3) is 0.188. The Morgan fingerprint density at radius 3 is 2.89 bits per heavy atom. The van der Waals surface area contributed by atoms with E-state index in [0.29, 0.717) is 0 Å². The molecule has 0 radical (unpaired) electrons. The molecule has 0 atom stereocenters. The largest absolute Gasteiger partial charge is 0.342 e. The molecule has 3 heteroatoms. The number of fused-ring (bicyclic) bond motifs is 3. The lowest BCUT2D eigenvalue weighted by atomic mass is 10.1. The second-order valence-corrected chi connectivity index (χ2v) is 5.87. The number of aromatic nitrogens is 2. The van der Waals surface area contributed by atoms with E-state index in [9.17, 15) is 0 Å². The highest BCUT2D eigenvalue weighted by atomic mass is 32.2. The zero-order valence-corrected chi connectivity index (χ0v) is 11.6. The number of hydrogen-bond acceptors (Lipinski definition) is 2. The SMILES string of the molecule is Cn1c2ccccc2c2ccnc(C3=CSCC3)c21. The highest BCUT2D eigenvalue weighted by molar-refractivity contribution is 8.02. The summed E-state index contributed by atoms with van der Waals surface area (Å²) >= 11 is 1.89. The summed E-state index contributed by atoms with van der Waals surface area (Å²) in [4.78, 5) is 4.64. The van der Waals surface area contributed by atoms with Crippen molar-refractivity contribution in [3.8, 4) is 0 Å². The van der Waals surface area contributed by atoms with Gasteiger partial charge in [0.15, 0.2) is 0 Å². The third-order valence-corrected chi connectivity index (χ3v) is 4.73. The molecule has 1 aromatic carbocycles. The minimum absolute atomic E-state index is 1.12. The van der Waals surface area contributed by atoms with Crippen molar-refractivity contribution in [1.82, 2.24) is 9.55 Å². The lowest BCUT2D eigenvalue weighted by Gasteiger charge is -2.05. The molecule has 0 amide bonds. The highest BCUT2D eigenvalue weighted by Gasteiger charge is 2.16. The predicted octanol–water partition coefficient (Wildman–Crippen LogP) is 4.20. The molecule has 3 heterocycles. The average Bonchev–Trinajstić information content (AvgIpc) is 3.08. The molecule has 0 N–H and O–H groups in total. The predicted molar refractivity (Wildman–Crippen MR) is 83.3 cm³/mol. The van der Waals surface area contributed by atoms with Gasteiger partial charge >= 0.3 is 0 Å². The molecular weight excluding hydrogens is 252 g/mol. The normalized spacial score (nSPS) is 15.3. The zero-order valence-electron chi connectivity index (χ0n) is 10.8. The van der Waals surface area contributed by atoms with Crippen molar-refractivity contribution in [3.05, 3.63) is 47.6 Å². The molecule has 19 heavy (non-hydrogen) atoms. The van der Waals surface area contributed by atoms with Gasteiger partial charge in [-0.05, 0) is 29.5 Å². The van der Waals surface area contributed by atoms with Crippen LogP contribution in [0.3, 0.4) is 0 Å². The van der Waals surface area contributed by atoms with Gasteiger partial charge in [-0.15, -0.1) is 11.8 Å². The van der Waals surface area contributed by atoms with Gasteiger partial charge in [-0.2, -0.15) is 0 Å². The van der Waals surface area contributed by atoms with Crippen molar-refractivity contribution in [3.63, 3.8) is 0 Å². The molecule has 0 aliphatic carbocycles. The third-order valence-electron chi connectivity index (χ3n) is 3.83. The van der Waals surface area contributed by atoms with Crippen LogP contribution in [0.25, 0.3) is 27.4 Å². The molecule has 0 bridgehead atoms. The number of pyridine rings is 1. The van der Waals surface area contributed by atoms with Gasteiger partial charge in [-0.3, -0.25) is 4.98 Å². The van der Waals surface area contributed by atoms with Crippen LogP contribution in [0.5, 0.6) is 0 Å². The van der Waals surface area contributed by atoms with Crippen molar-refractivity contribution in [1.29, 1.82) is 0 Å². The Balaban J connectivity index is 2.16. The lowest BCUT2D eigenvalue weighted by molar-refractivity contribution is 1.00. The fourth-order valence-corrected chi connectivity index (χ4v) is 3.81. The summed E-state index contributed by atoms with van der Waals surface area (Å²) in [6.45, 7) is 0. The van der Waals surface area contributed by atoms with Crippen molar-refractivity contribution in [2.24, 2.45) is 7.05 Å². The Morgan fingerprint density at radius 1 is 1.16 bits per heavy atom. The van der Waals surface area contributed by atoms with Gasteiger partial charge in [0.1, 0.15) is 0 Å². The van der Waals surface area contributed by atoms with Crippen LogP contribution >= 0.6 is 11.8 Å². The van der Waals surface area contributed by atoms with E-state index in [1.165, 1.54) is 33.1 Å². The van der Waals surface area contributed by atoms with Crippen LogP contribution in [0.2, 0.25) is 0 Å². The van der Waals surface area contributed by atoms with Crippen molar-refractivity contribution < 1.29 is 0 Å². The third kappa shape index (κ3) is 1.55. The topological polar surface area (TPSA) is 17.8 Å². The van der Waals surface area contributed by atoms with Crippen LogP contribution < -0.4 is 0 Å². The van der Waals surface area contributed by atoms with Crippen LogP contribution in [-0.2, 0) is 7.05 Å². The summed E-state index contributed by atoms with van der Waals surface area (Å²) in [7, 11) is 2.14. The molecule has 1 aliphatic rings. The maximum atomic E-state index is 4.64. The molecule has 0 spiro atoms. The minimum Gasteiger partial charge on any atom is -0.342 e. The molecule has 2 aromatic heterocycles. The Morgan fingerprint density at radius 2 is 2.05 bits per heavy atom. The summed E-state index contributed by atoms with van der Waals surface area (Å²) in [6.07, 6.45) is 3.06. The second-order valence-electron chi connectivity index (χ2n) is 4.90. The van der Waals surface area contributed by atoms with Gasteiger partial charge in [0.05, 0.1) is 11.2 Å². The van der Waals surface area contributed by atoms with E-state index in [-0.39, 0.29) is 0 Å². The van der Waals surface area contributed by atoms with Crippen LogP contribution in [0.4, 0.5) is 0 Å². The van der Waals surface area contributed by atoms with E-state index in [4.69, 9.17) is 0 Å². The number of hydrogen-bond donors (Lipinski definition) is 0. The monoisotopic (exact) mass is 266 g/mol. The molecule has 1 aliphatic heterocycles. The molecule has 0 fully saturated rings. The van der Waals surface area contributed by atoms with Gasteiger partial charge in [0.25, 0.3) is 0 Å².